The van der Waals surface area contributed by atoms with Crippen molar-refractivity contribution in [1.82, 2.24) is 4.98 Å². The van der Waals surface area contributed by atoms with E-state index < -0.39 is 0 Å². The number of benzene rings is 1. The van der Waals surface area contributed by atoms with Gasteiger partial charge in [0.1, 0.15) is 5.82 Å². The smallest absolute Gasteiger partial charge is 0.128 e. The highest BCUT2D eigenvalue weighted by molar-refractivity contribution is 7.09. The second kappa shape index (κ2) is 5.58. The minimum atomic E-state index is -0.286. The van der Waals surface area contributed by atoms with E-state index in [9.17, 15) is 4.39 Å². The van der Waals surface area contributed by atoms with Crippen molar-refractivity contribution in [3.05, 3.63) is 50.7 Å². The number of thiazole rings is 1. The molecule has 0 atom stereocenters. The molecule has 1 heterocycles. The first-order valence-electron chi connectivity index (χ1n) is 5.27. The third-order valence-corrected chi connectivity index (χ3v) is 3.69. The lowest BCUT2D eigenvalue weighted by molar-refractivity contribution is 0.613. The summed E-state index contributed by atoms with van der Waals surface area (Å²) in [6, 6.07) is 4.70. The minimum Gasteiger partial charge on any atom is -0.330 e. The van der Waals surface area contributed by atoms with Gasteiger partial charge in [-0.25, -0.2) is 9.37 Å². The third-order valence-electron chi connectivity index (χ3n) is 2.38. The van der Waals surface area contributed by atoms with Crippen molar-refractivity contribution in [3.63, 3.8) is 0 Å². The molecule has 0 aliphatic heterocycles. The molecule has 17 heavy (non-hydrogen) atoms. The average Bonchev–Trinajstić information content (AvgIpc) is 2.72. The van der Waals surface area contributed by atoms with E-state index in [2.05, 4.69) is 4.98 Å². The molecular weight excluding hydrogens is 259 g/mol. The zero-order chi connectivity index (χ0) is 12.3. The summed E-state index contributed by atoms with van der Waals surface area (Å²) in [6.07, 6.45) is 1.18. The Morgan fingerprint density at radius 2 is 2.24 bits per heavy atom. The molecule has 2 aromatic rings. The molecule has 0 bridgehead atoms. The minimum absolute atomic E-state index is 0.286. The van der Waals surface area contributed by atoms with Crippen LogP contribution in [0, 0.1) is 5.82 Å². The van der Waals surface area contributed by atoms with Crippen molar-refractivity contribution in [2.45, 2.75) is 12.8 Å². The van der Waals surface area contributed by atoms with Crippen LogP contribution in [0.1, 0.15) is 16.3 Å². The van der Waals surface area contributed by atoms with Gasteiger partial charge in [0.2, 0.25) is 0 Å². The summed E-state index contributed by atoms with van der Waals surface area (Å²) in [4.78, 5) is 4.39. The van der Waals surface area contributed by atoms with Crippen LogP contribution in [0.25, 0.3) is 0 Å². The normalized spacial score (nSPS) is 10.8. The molecule has 2 rings (SSSR count). The Morgan fingerprint density at radius 1 is 1.41 bits per heavy atom. The van der Waals surface area contributed by atoms with Crippen LogP contribution in [0.3, 0.4) is 0 Å². The van der Waals surface area contributed by atoms with Crippen LogP contribution in [0.2, 0.25) is 5.02 Å². The van der Waals surface area contributed by atoms with Crippen LogP contribution in [0.4, 0.5) is 4.39 Å². The van der Waals surface area contributed by atoms with Crippen molar-refractivity contribution in [2.24, 2.45) is 5.73 Å². The molecule has 5 heteroatoms. The molecule has 0 aliphatic carbocycles. The molecular formula is C12H12ClFN2S. The van der Waals surface area contributed by atoms with E-state index in [4.69, 9.17) is 17.3 Å². The van der Waals surface area contributed by atoms with Crippen LogP contribution in [0.5, 0.6) is 0 Å². The predicted molar refractivity (Wildman–Crippen MR) is 69.1 cm³/mol. The molecule has 0 spiro atoms. The number of nitrogens with zero attached hydrogens (tertiary/aromatic N) is 1. The zero-order valence-corrected chi connectivity index (χ0v) is 10.7. The van der Waals surface area contributed by atoms with Crippen LogP contribution >= 0.6 is 22.9 Å². The quantitative estimate of drug-likeness (QED) is 0.928. The second-order valence-corrected chi connectivity index (χ2v) is 5.00. The van der Waals surface area contributed by atoms with Gasteiger partial charge in [-0.3, -0.25) is 0 Å². The Labute approximate surface area is 108 Å². The van der Waals surface area contributed by atoms with Crippen molar-refractivity contribution in [1.29, 1.82) is 0 Å². The summed E-state index contributed by atoms with van der Waals surface area (Å²) in [5, 5.41) is 3.35. The molecule has 0 radical (unpaired) electrons. The maximum Gasteiger partial charge on any atom is 0.128 e. The van der Waals surface area contributed by atoms with E-state index in [1.54, 1.807) is 23.5 Å². The van der Waals surface area contributed by atoms with Crippen LogP contribution in [0.15, 0.2) is 23.6 Å². The first-order chi connectivity index (χ1) is 8.20. The van der Waals surface area contributed by atoms with Gasteiger partial charge in [-0.2, -0.15) is 0 Å². The fourth-order valence-corrected chi connectivity index (χ4v) is 2.59. The second-order valence-electron chi connectivity index (χ2n) is 3.65. The molecule has 90 valence electrons. The standard InChI is InChI=1S/C12H12ClFN2S/c13-10-2-1-3-11(14)9(10)6-8-7-17-12(16-8)4-5-15/h1-3,7H,4-6,15H2. The molecule has 0 fully saturated rings. The lowest BCUT2D eigenvalue weighted by Gasteiger charge is -2.03. The summed E-state index contributed by atoms with van der Waals surface area (Å²) in [7, 11) is 0. The van der Waals surface area contributed by atoms with E-state index in [0.717, 1.165) is 17.1 Å². The Kier molecular flexibility index (Phi) is 4.10. The van der Waals surface area contributed by atoms with Gasteiger partial charge >= 0.3 is 0 Å². The molecule has 2 N–H and O–H groups in total. The van der Waals surface area contributed by atoms with E-state index >= 15 is 0 Å². The fraction of sp³-hybridized carbons (Fsp3) is 0.250. The number of aromatic nitrogens is 1. The summed E-state index contributed by atoms with van der Waals surface area (Å²) < 4.78 is 13.6. The van der Waals surface area contributed by atoms with E-state index in [-0.39, 0.29) is 5.82 Å². The summed E-state index contributed by atoms with van der Waals surface area (Å²) in [5.74, 6) is -0.286. The Morgan fingerprint density at radius 3 is 2.94 bits per heavy atom. The molecule has 0 aliphatic rings. The molecule has 2 nitrogen and oxygen atoms in total. The van der Waals surface area contributed by atoms with Gasteiger partial charge in [-0.15, -0.1) is 11.3 Å². The molecule has 0 unspecified atom stereocenters. The van der Waals surface area contributed by atoms with Crippen molar-refractivity contribution in [2.75, 3.05) is 6.54 Å². The van der Waals surface area contributed by atoms with Crippen LogP contribution in [-0.2, 0) is 12.8 Å². The van der Waals surface area contributed by atoms with Gasteiger partial charge < -0.3 is 5.73 Å². The number of hydrogen-bond donors (Lipinski definition) is 1. The van der Waals surface area contributed by atoms with Gasteiger partial charge in [0, 0.05) is 28.8 Å². The van der Waals surface area contributed by atoms with Gasteiger partial charge in [0.05, 0.1) is 10.7 Å². The van der Waals surface area contributed by atoms with Crippen LogP contribution in [-0.4, -0.2) is 11.5 Å². The highest BCUT2D eigenvalue weighted by atomic mass is 35.5. The SMILES string of the molecule is NCCc1nc(Cc2c(F)cccc2Cl)cs1. The van der Waals surface area contributed by atoms with Crippen molar-refractivity contribution >= 4 is 22.9 Å². The number of rotatable bonds is 4. The lowest BCUT2D eigenvalue weighted by atomic mass is 10.1. The summed E-state index contributed by atoms with van der Waals surface area (Å²) >= 11 is 7.51. The Hall–Kier alpha value is -0.970. The molecule has 0 saturated carbocycles. The largest absolute Gasteiger partial charge is 0.330 e. The molecule has 0 amide bonds. The number of nitrogens with two attached hydrogens (primary N) is 1. The maximum absolute atomic E-state index is 13.6. The first-order valence-corrected chi connectivity index (χ1v) is 6.52. The van der Waals surface area contributed by atoms with E-state index in [1.165, 1.54) is 6.07 Å². The van der Waals surface area contributed by atoms with Crippen LogP contribution < -0.4 is 5.73 Å². The number of hydrogen-bond acceptors (Lipinski definition) is 3. The molecule has 1 aromatic carbocycles. The Balaban J connectivity index is 2.19. The van der Waals surface area contributed by atoms with E-state index in [1.807, 2.05) is 5.38 Å². The lowest BCUT2D eigenvalue weighted by Crippen LogP contribution is -2.02. The monoisotopic (exact) mass is 270 g/mol. The predicted octanol–water partition coefficient (Wildman–Crippen LogP) is 3.03. The third kappa shape index (κ3) is 3.03. The average molecular weight is 271 g/mol. The van der Waals surface area contributed by atoms with Gasteiger partial charge in [-0.1, -0.05) is 17.7 Å². The fourth-order valence-electron chi connectivity index (χ4n) is 1.55. The van der Waals surface area contributed by atoms with Gasteiger partial charge in [-0.05, 0) is 18.7 Å². The molecule has 1 aromatic heterocycles. The number of halogens is 2. The van der Waals surface area contributed by atoms with Gasteiger partial charge in [0.25, 0.3) is 0 Å². The topological polar surface area (TPSA) is 38.9 Å². The van der Waals surface area contributed by atoms with Gasteiger partial charge in [0.15, 0.2) is 0 Å². The molecule has 0 saturated heterocycles. The zero-order valence-electron chi connectivity index (χ0n) is 9.12. The van der Waals surface area contributed by atoms with Crippen molar-refractivity contribution < 1.29 is 4.39 Å². The summed E-state index contributed by atoms with van der Waals surface area (Å²) in [6.45, 7) is 0.577. The highest BCUT2D eigenvalue weighted by Crippen LogP contribution is 2.23. The highest BCUT2D eigenvalue weighted by Gasteiger charge is 2.10. The summed E-state index contributed by atoms with van der Waals surface area (Å²) in [5.41, 5.74) is 6.79. The first kappa shape index (κ1) is 12.5. The Bertz CT molecular complexity index is 493. The van der Waals surface area contributed by atoms with Crippen molar-refractivity contribution in [3.8, 4) is 0 Å². The van der Waals surface area contributed by atoms with E-state index in [0.29, 0.717) is 23.6 Å². The maximum atomic E-state index is 13.6.